The van der Waals surface area contributed by atoms with E-state index < -0.39 is 0 Å². The number of hydrogen-bond donors (Lipinski definition) is 1. The number of rotatable bonds is 5. The van der Waals surface area contributed by atoms with Crippen LogP contribution in [0.1, 0.15) is 38.5 Å². The third-order valence-electron chi connectivity index (χ3n) is 4.93. The third-order valence-corrected chi connectivity index (χ3v) is 5.21. The fourth-order valence-electron chi connectivity index (χ4n) is 4.70. The first-order chi connectivity index (χ1) is 8.69. The zero-order valence-corrected chi connectivity index (χ0v) is 11.7. The van der Waals surface area contributed by atoms with Gasteiger partial charge in [0.2, 0.25) is 0 Å². The van der Waals surface area contributed by atoms with Crippen molar-refractivity contribution in [2.24, 2.45) is 28.5 Å². The Kier molecular flexibility index (Phi) is 3.55. The van der Waals surface area contributed by atoms with Crippen molar-refractivity contribution in [2.75, 3.05) is 19.0 Å². The van der Waals surface area contributed by atoms with Crippen LogP contribution < -0.4 is 5.73 Å². The summed E-state index contributed by atoms with van der Waals surface area (Å²) < 4.78 is 6.23. The van der Waals surface area contributed by atoms with Gasteiger partial charge in [0.15, 0.2) is 0 Å². The van der Waals surface area contributed by atoms with Gasteiger partial charge in [0.05, 0.1) is 24.6 Å². The van der Waals surface area contributed by atoms with Crippen molar-refractivity contribution >= 4 is 17.4 Å². The molecule has 18 heavy (non-hydrogen) atoms. The van der Waals surface area contributed by atoms with Crippen LogP contribution in [0, 0.1) is 17.8 Å². The van der Waals surface area contributed by atoms with Crippen LogP contribution in [0.5, 0.6) is 0 Å². The van der Waals surface area contributed by atoms with Crippen molar-refractivity contribution in [2.45, 2.75) is 44.1 Å². The summed E-state index contributed by atoms with van der Waals surface area (Å²) in [7, 11) is 0. The van der Waals surface area contributed by atoms with Gasteiger partial charge < -0.3 is 10.5 Å². The van der Waals surface area contributed by atoms with Crippen LogP contribution in [-0.2, 0) is 4.74 Å². The predicted octanol–water partition coefficient (Wildman–Crippen LogP) is 2.57. The molecule has 0 aromatic rings. The molecule has 4 rings (SSSR count). The van der Waals surface area contributed by atoms with Gasteiger partial charge in [-0.2, -0.15) is 0 Å². The van der Waals surface area contributed by atoms with Gasteiger partial charge in [0.25, 0.3) is 0 Å². The van der Waals surface area contributed by atoms with Crippen LogP contribution >= 0.6 is 11.6 Å². The van der Waals surface area contributed by atoms with E-state index in [2.05, 4.69) is 4.99 Å². The lowest BCUT2D eigenvalue weighted by molar-refractivity contribution is -0.160. The first kappa shape index (κ1) is 12.7. The normalized spacial score (nSPS) is 42.5. The Labute approximate surface area is 114 Å². The minimum absolute atomic E-state index is 0.194. The standard InChI is InChI=1S/C14H23ClN2O/c15-9-13(16)17-1-2-18-14-6-10-3-11(7-14)5-12(4-10)8-14/h10-12H,1-9H2,(H2,16,17). The molecule has 0 aliphatic heterocycles. The largest absolute Gasteiger partial charge is 0.386 e. The fraction of sp³-hybridized carbons (Fsp3) is 0.929. The second-order valence-corrected chi connectivity index (χ2v) is 6.72. The van der Waals surface area contributed by atoms with Crippen molar-refractivity contribution in [3.8, 4) is 0 Å². The zero-order valence-electron chi connectivity index (χ0n) is 10.9. The lowest BCUT2D eigenvalue weighted by Gasteiger charge is -2.56. The fourth-order valence-corrected chi connectivity index (χ4v) is 4.79. The molecular formula is C14H23ClN2O. The summed E-state index contributed by atoms with van der Waals surface area (Å²) in [5.41, 5.74) is 5.78. The topological polar surface area (TPSA) is 47.6 Å². The number of hydrogen-bond acceptors (Lipinski definition) is 2. The Morgan fingerprint density at radius 1 is 1.17 bits per heavy atom. The summed E-state index contributed by atoms with van der Waals surface area (Å²) in [6.07, 6.45) is 8.23. The molecule has 0 amide bonds. The SMILES string of the molecule is NC(CCl)=NCCOC12CC3CC(CC(C3)C1)C2. The summed E-state index contributed by atoms with van der Waals surface area (Å²) in [6.45, 7) is 1.35. The van der Waals surface area contributed by atoms with Gasteiger partial charge in [-0.3, -0.25) is 4.99 Å². The summed E-state index contributed by atoms with van der Waals surface area (Å²) in [6, 6.07) is 0. The molecule has 4 fully saturated rings. The summed E-state index contributed by atoms with van der Waals surface area (Å²) in [4.78, 5) is 4.20. The molecule has 0 heterocycles. The minimum Gasteiger partial charge on any atom is -0.386 e. The maximum absolute atomic E-state index is 6.23. The van der Waals surface area contributed by atoms with Crippen molar-refractivity contribution in [3.63, 3.8) is 0 Å². The highest BCUT2D eigenvalue weighted by molar-refractivity contribution is 6.27. The highest BCUT2D eigenvalue weighted by atomic mass is 35.5. The molecule has 4 aliphatic carbocycles. The van der Waals surface area contributed by atoms with Crippen molar-refractivity contribution in [1.82, 2.24) is 0 Å². The molecule has 0 radical (unpaired) electrons. The molecule has 3 nitrogen and oxygen atoms in total. The van der Waals surface area contributed by atoms with E-state index >= 15 is 0 Å². The number of alkyl halides is 1. The van der Waals surface area contributed by atoms with E-state index in [-0.39, 0.29) is 5.60 Å². The maximum atomic E-state index is 6.23. The molecule has 2 N–H and O–H groups in total. The Hall–Kier alpha value is -0.280. The lowest BCUT2D eigenvalue weighted by atomic mass is 9.54. The minimum atomic E-state index is 0.194. The quantitative estimate of drug-likeness (QED) is 0.361. The monoisotopic (exact) mass is 270 g/mol. The van der Waals surface area contributed by atoms with Gasteiger partial charge in [-0.15, -0.1) is 11.6 Å². The number of nitrogens with zero attached hydrogens (tertiary/aromatic N) is 1. The number of amidine groups is 1. The summed E-state index contributed by atoms with van der Waals surface area (Å²) >= 11 is 5.59. The van der Waals surface area contributed by atoms with Crippen LogP contribution in [0.15, 0.2) is 4.99 Å². The number of ether oxygens (including phenoxy) is 1. The molecule has 102 valence electrons. The average molecular weight is 271 g/mol. The van der Waals surface area contributed by atoms with Gasteiger partial charge in [0.1, 0.15) is 5.84 Å². The summed E-state index contributed by atoms with van der Waals surface area (Å²) in [5.74, 6) is 3.65. The molecule has 0 atom stereocenters. The highest BCUT2D eigenvalue weighted by Gasteiger charge is 2.51. The van der Waals surface area contributed by atoms with Crippen LogP contribution in [-0.4, -0.2) is 30.5 Å². The first-order valence-electron chi connectivity index (χ1n) is 7.18. The van der Waals surface area contributed by atoms with Gasteiger partial charge in [-0.05, 0) is 56.3 Å². The van der Waals surface area contributed by atoms with Crippen molar-refractivity contribution in [1.29, 1.82) is 0 Å². The smallest absolute Gasteiger partial charge is 0.109 e. The molecule has 4 saturated carbocycles. The van der Waals surface area contributed by atoms with Crippen LogP contribution in [0.3, 0.4) is 0 Å². The molecule has 0 unspecified atom stereocenters. The Balaban J connectivity index is 1.53. The molecular weight excluding hydrogens is 248 g/mol. The van der Waals surface area contributed by atoms with E-state index in [4.69, 9.17) is 22.1 Å². The lowest BCUT2D eigenvalue weighted by Crippen LogP contribution is -2.52. The van der Waals surface area contributed by atoms with E-state index in [0.29, 0.717) is 24.9 Å². The van der Waals surface area contributed by atoms with Gasteiger partial charge >= 0.3 is 0 Å². The van der Waals surface area contributed by atoms with Gasteiger partial charge in [-0.1, -0.05) is 0 Å². The average Bonchev–Trinajstić information content (AvgIpc) is 2.32. The Morgan fingerprint density at radius 3 is 2.22 bits per heavy atom. The zero-order chi connectivity index (χ0) is 12.6. The maximum Gasteiger partial charge on any atom is 0.109 e. The van der Waals surface area contributed by atoms with Crippen LogP contribution in [0.2, 0.25) is 0 Å². The second-order valence-electron chi connectivity index (χ2n) is 6.46. The van der Waals surface area contributed by atoms with E-state index in [1.165, 1.54) is 38.5 Å². The van der Waals surface area contributed by atoms with E-state index in [1.54, 1.807) is 0 Å². The number of halogens is 1. The Bertz CT molecular complexity index is 307. The molecule has 0 spiro atoms. The Morgan fingerprint density at radius 2 is 1.72 bits per heavy atom. The predicted molar refractivity (Wildman–Crippen MR) is 74.1 cm³/mol. The van der Waals surface area contributed by atoms with E-state index in [9.17, 15) is 0 Å². The second kappa shape index (κ2) is 5.01. The van der Waals surface area contributed by atoms with Gasteiger partial charge in [-0.25, -0.2) is 0 Å². The van der Waals surface area contributed by atoms with Crippen LogP contribution in [0.25, 0.3) is 0 Å². The summed E-state index contributed by atoms with van der Waals surface area (Å²) in [5, 5.41) is 0. The molecule has 4 aliphatic rings. The number of nitrogens with two attached hydrogens (primary N) is 1. The molecule has 0 aromatic heterocycles. The van der Waals surface area contributed by atoms with Crippen molar-refractivity contribution in [3.05, 3.63) is 0 Å². The molecule has 4 bridgehead atoms. The molecule has 0 saturated heterocycles. The highest BCUT2D eigenvalue weighted by Crippen LogP contribution is 2.57. The van der Waals surface area contributed by atoms with Gasteiger partial charge in [0, 0.05) is 0 Å². The molecule has 0 aromatic carbocycles. The molecule has 4 heteroatoms. The van der Waals surface area contributed by atoms with Crippen LogP contribution in [0.4, 0.5) is 0 Å². The number of aliphatic imine (C=N–C) groups is 1. The first-order valence-corrected chi connectivity index (χ1v) is 7.71. The van der Waals surface area contributed by atoms with E-state index in [0.717, 1.165) is 17.8 Å². The van der Waals surface area contributed by atoms with E-state index in [1.807, 2.05) is 0 Å². The van der Waals surface area contributed by atoms with Crippen molar-refractivity contribution < 1.29 is 4.74 Å². The third kappa shape index (κ3) is 2.53.